The van der Waals surface area contributed by atoms with E-state index in [0.29, 0.717) is 19.5 Å². The van der Waals surface area contributed by atoms with Gasteiger partial charge in [-0.2, -0.15) is 0 Å². The van der Waals surface area contributed by atoms with Crippen LogP contribution >= 0.6 is 0 Å². The number of fused-ring (bicyclic) bond motifs is 3. The number of hydrogen-bond donors (Lipinski definition) is 1. The summed E-state index contributed by atoms with van der Waals surface area (Å²) >= 11 is 0. The van der Waals surface area contributed by atoms with Gasteiger partial charge in [0.15, 0.2) is 5.65 Å². The molecule has 2 aromatic heterocycles. The zero-order valence-corrected chi connectivity index (χ0v) is 18.1. The number of carbonyl (C=O) groups excluding carboxylic acids is 3. The number of benzene rings is 1. The van der Waals surface area contributed by atoms with Crippen LogP contribution in [0, 0.1) is 0 Å². The van der Waals surface area contributed by atoms with Gasteiger partial charge >= 0.3 is 6.03 Å². The van der Waals surface area contributed by atoms with Gasteiger partial charge in [-0.15, -0.1) is 10.2 Å². The van der Waals surface area contributed by atoms with Gasteiger partial charge in [-0.05, 0) is 48.9 Å². The molecule has 2 fully saturated rings. The molecule has 2 aliphatic heterocycles. The molecule has 168 valence electrons. The van der Waals surface area contributed by atoms with Crippen LogP contribution in [0.2, 0.25) is 0 Å². The SMILES string of the molecule is O=C(CN1C(=O)N[C@@]2(CCc3ccccc32)C1=O)N1CCC[C@H](c2nnc3ccccn23)C1. The van der Waals surface area contributed by atoms with Gasteiger partial charge in [0.2, 0.25) is 5.91 Å². The van der Waals surface area contributed by atoms with Crippen LogP contribution in [0.1, 0.15) is 42.1 Å². The van der Waals surface area contributed by atoms with E-state index in [1.54, 1.807) is 4.90 Å². The summed E-state index contributed by atoms with van der Waals surface area (Å²) in [4.78, 5) is 42.2. The molecule has 9 nitrogen and oxygen atoms in total. The zero-order chi connectivity index (χ0) is 22.6. The molecule has 2 atom stereocenters. The highest BCUT2D eigenvalue weighted by molar-refractivity contribution is 6.09. The number of aromatic nitrogens is 3. The van der Waals surface area contributed by atoms with Gasteiger partial charge in [0.05, 0.1) is 0 Å². The maximum absolute atomic E-state index is 13.4. The summed E-state index contributed by atoms with van der Waals surface area (Å²) in [6.07, 6.45) is 4.91. The van der Waals surface area contributed by atoms with Gasteiger partial charge in [-0.3, -0.25) is 18.9 Å². The topological polar surface area (TPSA) is 99.9 Å². The number of urea groups is 1. The maximum atomic E-state index is 13.4. The maximum Gasteiger partial charge on any atom is 0.325 e. The predicted octanol–water partition coefficient (Wildman–Crippen LogP) is 1.83. The van der Waals surface area contributed by atoms with Gasteiger partial charge in [-0.1, -0.05) is 30.3 Å². The first-order valence-corrected chi connectivity index (χ1v) is 11.4. The molecule has 0 unspecified atom stereocenters. The first-order chi connectivity index (χ1) is 16.1. The lowest BCUT2D eigenvalue weighted by molar-refractivity contribution is -0.139. The molecule has 9 heteroatoms. The number of likely N-dealkylation sites (tertiary alicyclic amines) is 1. The first-order valence-electron chi connectivity index (χ1n) is 11.4. The van der Waals surface area contributed by atoms with Crippen LogP contribution in [0.3, 0.4) is 0 Å². The summed E-state index contributed by atoms with van der Waals surface area (Å²) in [5.41, 5.74) is 1.64. The molecule has 2 saturated heterocycles. The number of nitrogens with zero attached hydrogens (tertiary/aromatic N) is 5. The highest BCUT2D eigenvalue weighted by Gasteiger charge is 2.55. The minimum atomic E-state index is -1.04. The van der Waals surface area contributed by atoms with Crippen molar-refractivity contribution in [2.75, 3.05) is 19.6 Å². The molecule has 3 aromatic rings. The average Bonchev–Trinajstić information content (AvgIpc) is 3.51. The second-order valence-electron chi connectivity index (χ2n) is 9.05. The molecule has 0 radical (unpaired) electrons. The van der Waals surface area contributed by atoms with Crippen LogP contribution in [0.4, 0.5) is 4.79 Å². The first kappa shape index (κ1) is 19.9. The van der Waals surface area contributed by atoms with Crippen LogP contribution in [0.25, 0.3) is 5.65 Å². The fraction of sp³-hybridized carbons (Fsp3) is 0.375. The number of imide groups is 1. The summed E-state index contributed by atoms with van der Waals surface area (Å²) in [6, 6.07) is 12.9. The molecule has 3 aliphatic rings. The minimum absolute atomic E-state index is 0.0521. The summed E-state index contributed by atoms with van der Waals surface area (Å²) < 4.78 is 1.96. The van der Waals surface area contributed by atoms with E-state index < -0.39 is 11.6 Å². The van der Waals surface area contributed by atoms with Crippen LogP contribution in [0.5, 0.6) is 0 Å². The van der Waals surface area contributed by atoms with Gasteiger partial charge in [0, 0.05) is 25.2 Å². The molecule has 1 aliphatic carbocycles. The molecule has 33 heavy (non-hydrogen) atoms. The van der Waals surface area contributed by atoms with Gasteiger partial charge in [-0.25, -0.2) is 4.79 Å². The average molecular weight is 444 g/mol. The number of nitrogens with one attached hydrogen (secondary N) is 1. The quantitative estimate of drug-likeness (QED) is 0.622. The number of rotatable bonds is 3. The van der Waals surface area contributed by atoms with Crippen LogP contribution < -0.4 is 5.32 Å². The Labute approximate surface area is 190 Å². The van der Waals surface area contributed by atoms with E-state index in [1.165, 1.54) is 0 Å². The number of carbonyl (C=O) groups is 3. The monoisotopic (exact) mass is 444 g/mol. The molecule has 4 amide bonds. The van der Waals surface area contributed by atoms with Crippen LogP contribution in [0.15, 0.2) is 48.7 Å². The molecule has 0 saturated carbocycles. The van der Waals surface area contributed by atoms with E-state index in [0.717, 1.165) is 46.8 Å². The fourth-order valence-electron chi connectivity index (χ4n) is 5.52. The van der Waals surface area contributed by atoms with Crippen LogP contribution in [-0.4, -0.2) is 61.9 Å². The lowest BCUT2D eigenvalue weighted by Crippen LogP contribution is -2.47. The van der Waals surface area contributed by atoms with Crippen molar-refractivity contribution in [1.29, 1.82) is 0 Å². The van der Waals surface area contributed by atoms with Crippen molar-refractivity contribution in [3.8, 4) is 0 Å². The summed E-state index contributed by atoms with van der Waals surface area (Å²) in [5, 5.41) is 11.5. The zero-order valence-electron chi connectivity index (χ0n) is 18.1. The van der Waals surface area contributed by atoms with Crippen molar-refractivity contribution in [1.82, 2.24) is 29.7 Å². The normalized spacial score (nSPS) is 24.5. The van der Waals surface area contributed by atoms with Crippen molar-refractivity contribution in [3.05, 3.63) is 65.6 Å². The lowest BCUT2D eigenvalue weighted by atomic mass is 9.92. The van der Waals surface area contributed by atoms with E-state index in [-0.39, 0.29) is 24.3 Å². The van der Waals surface area contributed by atoms with Crippen molar-refractivity contribution in [2.45, 2.75) is 37.1 Å². The number of piperidine rings is 1. The minimum Gasteiger partial charge on any atom is -0.340 e. The van der Waals surface area contributed by atoms with E-state index in [2.05, 4.69) is 15.5 Å². The van der Waals surface area contributed by atoms with E-state index in [1.807, 2.05) is 53.1 Å². The largest absolute Gasteiger partial charge is 0.340 e. The number of hydrogen-bond acceptors (Lipinski definition) is 5. The third-order valence-corrected chi connectivity index (χ3v) is 7.19. The van der Waals surface area contributed by atoms with Crippen molar-refractivity contribution in [2.24, 2.45) is 0 Å². The Morgan fingerprint density at radius 1 is 1.12 bits per heavy atom. The second-order valence-corrected chi connectivity index (χ2v) is 9.05. The summed E-state index contributed by atoms with van der Waals surface area (Å²) in [7, 11) is 0. The van der Waals surface area contributed by atoms with E-state index in [9.17, 15) is 14.4 Å². The summed E-state index contributed by atoms with van der Waals surface area (Å²) in [5.74, 6) is 0.332. The van der Waals surface area contributed by atoms with Crippen molar-refractivity contribution >= 4 is 23.5 Å². The Kier molecular flexibility index (Phi) is 4.46. The third kappa shape index (κ3) is 3.02. The van der Waals surface area contributed by atoms with Gasteiger partial charge in [0.25, 0.3) is 5.91 Å². The summed E-state index contributed by atoms with van der Waals surface area (Å²) in [6.45, 7) is 0.845. The Morgan fingerprint density at radius 2 is 1.97 bits per heavy atom. The highest BCUT2D eigenvalue weighted by Crippen LogP contribution is 2.41. The molecule has 0 bridgehead atoms. The molecule has 1 N–H and O–H groups in total. The Morgan fingerprint density at radius 3 is 2.88 bits per heavy atom. The fourth-order valence-corrected chi connectivity index (χ4v) is 5.52. The van der Waals surface area contributed by atoms with Gasteiger partial charge in [0.1, 0.15) is 17.9 Å². The lowest BCUT2D eigenvalue weighted by Gasteiger charge is -2.32. The second kappa shape index (κ2) is 7.40. The molecule has 1 aromatic carbocycles. The van der Waals surface area contributed by atoms with E-state index in [4.69, 9.17) is 0 Å². The molecular formula is C24H24N6O3. The Balaban J connectivity index is 1.19. The third-order valence-electron chi connectivity index (χ3n) is 7.19. The standard InChI is InChI=1S/C24H24N6O3/c31-20(28-12-5-7-17(14-28)21-27-26-19-9-3-4-13-29(19)21)15-30-22(32)24(25-23(30)33)11-10-16-6-1-2-8-18(16)24/h1-4,6,8-9,13,17H,5,7,10-12,14-15H2,(H,25,33)/t17-,24+/m0/s1. The van der Waals surface area contributed by atoms with Crippen LogP contribution in [-0.2, 0) is 21.5 Å². The highest BCUT2D eigenvalue weighted by atomic mass is 16.2. The molecular weight excluding hydrogens is 420 g/mol. The number of aryl methyl sites for hydroxylation is 1. The van der Waals surface area contributed by atoms with Crippen molar-refractivity contribution < 1.29 is 14.4 Å². The Hall–Kier alpha value is -3.75. The van der Waals surface area contributed by atoms with Crippen molar-refractivity contribution in [3.63, 3.8) is 0 Å². The molecule has 6 rings (SSSR count). The van der Waals surface area contributed by atoms with E-state index >= 15 is 0 Å². The Bertz CT molecular complexity index is 1290. The smallest absolute Gasteiger partial charge is 0.325 e. The molecule has 4 heterocycles. The molecule has 1 spiro atoms. The predicted molar refractivity (Wildman–Crippen MR) is 118 cm³/mol. The van der Waals surface area contributed by atoms with Gasteiger partial charge < -0.3 is 10.2 Å². The number of amides is 4. The number of pyridine rings is 1.